The molecule has 0 spiro atoms. The van der Waals surface area contributed by atoms with Gasteiger partial charge in [-0.05, 0) is 121 Å². The summed E-state index contributed by atoms with van der Waals surface area (Å²) in [6, 6.07) is 23.6. The summed E-state index contributed by atoms with van der Waals surface area (Å²) in [5, 5.41) is 38.8. The smallest absolute Gasteiger partial charge is 0.143 e. The van der Waals surface area contributed by atoms with Gasteiger partial charge in [-0.2, -0.15) is 10.2 Å². The minimum Gasteiger partial charge on any atom is -0.506 e. The van der Waals surface area contributed by atoms with Crippen molar-refractivity contribution in [3.05, 3.63) is 95.1 Å². The third kappa shape index (κ3) is 12.5. The number of benzene rings is 4. The zero-order valence-corrected chi connectivity index (χ0v) is 30.9. The van der Waals surface area contributed by atoms with Gasteiger partial charge in [0.1, 0.15) is 22.9 Å². The zero-order chi connectivity index (χ0) is 35.6. The van der Waals surface area contributed by atoms with Gasteiger partial charge in [-0.3, -0.25) is 0 Å². The van der Waals surface area contributed by atoms with Gasteiger partial charge in [0, 0.05) is 0 Å². The van der Waals surface area contributed by atoms with Gasteiger partial charge in [0.05, 0.1) is 11.4 Å². The maximum Gasteiger partial charge on any atom is 0.143 e. The van der Waals surface area contributed by atoms with Crippen LogP contribution >= 0.6 is 0 Å². The van der Waals surface area contributed by atoms with E-state index in [0.717, 1.165) is 70.4 Å². The summed E-state index contributed by atoms with van der Waals surface area (Å²) < 4.78 is 0. The summed E-state index contributed by atoms with van der Waals surface area (Å²) in [4.78, 5) is 0. The molecule has 6 heteroatoms. The van der Waals surface area contributed by atoms with Crippen molar-refractivity contribution in [1.82, 2.24) is 0 Å². The predicted molar refractivity (Wildman–Crippen MR) is 209 cm³/mol. The van der Waals surface area contributed by atoms with E-state index in [9.17, 15) is 10.2 Å². The molecule has 2 N–H and O–H groups in total. The Bertz CT molecular complexity index is 1570. The van der Waals surface area contributed by atoms with Gasteiger partial charge in [-0.25, -0.2) is 0 Å². The molecule has 0 aromatic heterocycles. The average Bonchev–Trinajstić information content (AvgIpc) is 3.11. The molecule has 0 heterocycles. The summed E-state index contributed by atoms with van der Waals surface area (Å²) in [7, 11) is 0. The fourth-order valence-electron chi connectivity index (χ4n) is 6.30. The molecule has 0 saturated carbocycles. The van der Waals surface area contributed by atoms with Crippen molar-refractivity contribution >= 4 is 22.7 Å². The number of aromatic hydroxyl groups is 2. The molecular weight excluding hydrogens is 617 g/mol. The van der Waals surface area contributed by atoms with Gasteiger partial charge in [0.15, 0.2) is 0 Å². The molecule has 4 rings (SSSR count). The molecule has 0 aliphatic heterocycles. The fraction of sp³-hybridized carbons (Fsp3) is 0.455. The summed E-state index contributed by atoms with van der Waals surface area (Å²) in [6.45, 7) is 8.53. The van der Waals surface area contributed by atoms with Crippen LogP contribution in [-0.4, -0.2) is 10.2 Å². The standard InChI is InChI=1S/C44H58N4O2/c1-5-7-9-11-13-15-17-19-35-21-25-41(43(49)31-35)47-45-39-27-23-37(29-33(39)3)38-24-28-40(34(4)30-38)46-48-42-26-22-36(32-44(42)50)20-18-16-14-12-10-8-6-2/h21-32,49-50H,5-20H2,1-4H3. The van der Waals surface area contributed by atoms with Gasteiger partial charge < -0.3 is 10.2 Å². The van der Waals surface area contributed by atoms with Crippen LogP contribution in [0.1, 0.15) is 126 Å². The van der Waals surface area contributed by atoms with Crippen LogP contribution in [0.25, 0.3) is 11.1 Å². The number of rotatable bonds is 21. The van der Waals surface area contributed by atoms with Gasteiger partial charge in [-0.1, -0.05) is 115 Å². The number of unbranched alkanes of at least 4 members (excludes halogenated alkanes) is 12. The third-order valence-corrected chi connectivity index (χ3v) is 9.48. The Balaban J connectivity index is 1.30. The van der Waals surface area contributed by atoms with Crippen LogP contribution in [0.15, 0.2) is 93.3 Å². The average molecular weight is 675 g/mol. The highest BCUT2D eigenvalue weighted by atomic mass is 16.3. The van der Waals surface area contributed by atoms with Crippen molar-refractivity contribution in [3.8, 4) is 22.6 Å². The van der Waals surface area contributed by atoms with Crippen LogP contribution in [0, 0.1) is 13.8 Å². The van der Waals surface area contributed by atoms with Gasteiger partial charge in [0.25, 0.3) is 0 Å². The van der Waals surface area contributed by atoms with E-state index in [-0.39, 0.29) is 11.5 Å². The van der Waals surface area contributed by atoms with Gasteiger partial charge >= 0.3 is 0 Å². The normalized spacial score (nSPS) is 11.7. The van der Waals surface area contributed by atoms with Crippen molar-refractivity contribution in [2.45, 2.75) is 130 Å². The molecule has 0 aliphatic rings. The molecule has 4 aromatic rings. The quantitative estimate of drug-likeness (QED) is 0.0680. The molecule has 0 fully saturated rings. The lowest BCUT2D eigenvalue weighted by molar-refractivity contribution is 0.475. The number of phenols is 2. The van der Waals surface area contributed by atoms with E-state index in [0.29, 0.717) is 11.4 Å². The van der Waals surface area contributed by atoms with Crippen molar-refractivity contribution in [1.29, 1.82) is 0 Å². The highest BCUT2D eigenvalue weighted by Crippen LogP contribution is 2.35. The lowest BCUT2D eigenvalue weighted by atomic mass is 10.0. The Hall–Kier alpha value is -4.32. The molecule has 0 amide bonds. The molecule has 50 heavy (non-hydrogen) atoms. The Morgan fingerprint density at radius 2 is 0.740 bits per heavy atom. The molecular formula is C44H58N4O2. The minimum atomic E-state index is 0.169. The summed E-state index contributed by atoms with van der Waals surface area (Å²) in [5.74, 6) is 0.337. The first-order chi connectivity index (χ1) is 24.4. The van der Waals surface area contributed by atoms with Gasteiger partial charge in [-0.15, -0.1) is 10.2 Å². The van der Waals surface area contributed by atoms with Crippen LogP contribution in [-0.2, 0) is 12.8 Å². The summed E-state index contributed by atoms with van der Waals surface area (Å²) >= 11 is 0. The lowest BCUT2D eigenvalue weighted by Gasteiger charge is -2.08. The molecule has 0 bridgehead atoms. The van der Waals surface area contributed by atoms with Crippen LogP contribution < -0.4 is 0 Å². The summed E-state index contributed by atoms with van der Waals surface area (Å²) in [6.07, 6.45) is 19.8. The van der Waals surface area contributed by atoms with Crippen molar-refractivity contribution in [3.63, 3.8) is 0 Å². The molecule has 0 radical (unpaired) electrons. The monoisotopic (exact) mass is 674 g/mol. The van der Waals surface area contributed by atoms with E-state index in [2.05, 4.69) is 46.4 Å². The second-order valence-electron chi connectivity index (χ2n) is 13.8. The summed E-state index contributed by atoms with van der Waals surface area (Å²) in [5.41, 5.74) is 8.88. The molecule has 6 nitrogen and oxygen atoms in total. The SMILES string of the molecule is CCCCCCCCCc1ccc(N=Nc2ccc(-c3ccc(N=Nc4ccc(CCCCCCCCC)cc4O)c(C)c3)cc2C)c(O)c1. The number of aryl methyl sites for hydroxylation is 4. The van der Waals surface area contributed by atoms with Crippen LogP contribution in [0.4, 0.5) is 22.7 Å². The highest BCUT2D eigenvalue weighted by Gasteiger charge is 2.08. The van der Waals surface area contributed by atoms with Crippen molar-refractivity contribution in [2.24, 2.45) is 20.5 Å². The second kappa shape index (κ2) is 21.0. The van der Waals surface area contributed by atoms with E-state index in [1.54, 1.807) is 0 Å². The molecule has 0 atom stereocenters. The molecule has 266 valence electrons. The number of hydrogen-bond donors (Lipinski definition) is 2. The van der Waals surface area contributed by atoms with E-state index in [1.807, 2.05) is 74.5 Å². The Morgan fingerprint density at radius 3 is 1.10 bits per heavy atom. The van der Waals surface area contributed by atoms with Crippen LogP contribution in [0.5, 0.6) is 11.5 Å². The van der Waals surface area contributed by atoms with Crippen molar-refractivity contribution in [2.75, 3.05) is 0 Å². The maximum absolute atomic E-state index is 10.6. The first kappa shape index (κ1) is 38.5. The first-order valence-corrected chi connectivity index (χ1v) is 19.1. The van der Waals surface area contributed by atoms with E-state index in [4.69, 9.17) is 0 Å². The fourth-order valence-corrected chi connectivity index (χ4v) is 6.30. The molecule has 0 saturated heterocycles. The number of azo groups is 2. The number of hydrogen-bond acceptors (Lipinski definition) is 6. The van der Waals surface area contributed by atoms with Crippen LogP contribution in [0.3, 0.4) is 0 Å². The number of nitrogens with zero attached hydrogens (tertiary/aromatic N) is 4. The Labute approximate surface area is 300 Å². The highest BCUT2D eigenvalue weighted by molar-refractivity contribution is 5.70. The van der Waals surface area contributed by atoms with Crippen molar-refractivity contribution < 1.29 is 10.2 Å². The zero-order valence-electron chi connectivity index (χ0n) is 30.9. The first-order valence-electron chi connectivity index (χ1n) is 19.1. The predicted octanol–water partition coefficient (Wildman–Crippen LogP) is 14.8. The Kier molecular flexibility index (Phi) is 16.2. The van der Waals surface area contributed by atoms with Crippen LogP contribution in [0.2, 0.25) is 0 Å². The van der Waals surface area contributed by atoms with E-state index >= 15 is 0 Å². The topological polar surface area (TPSA) is 89.9 Å². The Morgan fingerprint density at radius 1 is 0.400 bits per heavy atom. The minimum absolute atomic E-state index is 0.169. The molecule has 0 unspecified atom stereocenters. The maximum atomic E-state index is 10.6. The lowest BCUT2D eigenvalue weighted by Crippen LogP contribution is -1.86. The number of phenolic OH excluding ortho intramolecular Hbond substituents is 2. The van der Waals surface area contributed by atoms with E-state index in [1.165, 1.54) is 77.0 Å². The van der Waals surface area contributed by atoms with E-state index < -0.39 is 0 Å². The largest absolute Gasteiger partial charge is 0.506 e. The molecule has 0 aliphatic carbocycles. The van der Waals surface area contributed by atoms with Gasteiger partial charge in [0.2, 0.25) is 0 Å². The third-order valence-electron chi connectivity index (χ3n) is 9.48. The molecule has 4 aromatic carbocycles. The second-order valence-corrected chi connectivity index (χ2v) is 13.8.